The van der Waals surface area contributed by atoms with E-state index in [0.29, 0.717) is 16.7 Å². The van der Waals surface area contributed by atoms with Gasteiger partial charge in [0.05, 0.1) is 11.0 Å². The maximum absolute atomic E-state index is 12.1. The third-order valence-corrected chi connectivity index (χ3v) is 3.53. The minimum atomic E-state index is -0.357. The van der Waals surface area contributed by atoms with E-state index < -0.39 is 0 Å². The van der Waals surface area contributed by atoms with E-state index in [1.807, 2.05) is 30.3 Å². The minimum absolute atomic E-state index is 0.249. The number of nitrogens with one attached hydrogen (secondary N) is 1. The molecule has 2 aromatic heterocycles. The van der Waals surface area contributed by atoms with Crippen LogP contribution in [0, 0.1) is 0 Å². The largest absolute Gasteiger partial charge is 0.288 e. The van der Waals surface area contributed by atoms with Crippen LogP contribution in [-0.4, -0.2) is 30.5 Å². The lowest BCUT2D eigenvalue weighted by atomic mass is 10.2. The summed E-state index contributed by atoms with van der Waals surface area (Å²) in [6.45, 7) is 0.594. The van der Waals surface area contributed by atoms with Crippen LogP contribution in [0.15, 0.2) is 47.3 Å². The number of halogens is 1. The zero-order valence-corrected chi connectivity index (χ0v) is 13.4. The number of hydrogen-bond donors (Lipinski definition) is 1. The molecule has 0 atom stereocenters. The molecule has 0 fully saturated rings. The van der Waals surface area contributed by atoms with Crippen molar-refractivity contribution in [3.05, 3.63) is 58.6 Å². The maximum Gasteiger partial charge on any atom is 0.279 e. The van der Waals surface area contributed by atoms with Gasteiger partial charge in [0, 0.05) is 13.2 Å². The Labute approximate surface area is 135 Å². The second-order valence-electron chi connectivity index (χ2n) is 4.70. The van der Waals surface area contributed by atoms with Crippen molar-refractivity contribution in [3.63, 3.8) is 0 Å². The molecular formula is C14H13BrN6O. The Bertz CT molecular complexity index is 795. The molecule has 3 aromatic rings. The highest BCUT2D eigenvalue weighted by molar-refractivity contribution is 9.10. The number of anilines is 1. The number of nitrogens with zero attached hydrogens (tertiary/aromatic N) is 5. The van der Waals surface area contributed by atoms with Crippen LogP contribution in [0.5, 0.6) is 0 Å². The number of benzene rings is 1. The number of carbonyl (C=O) groups is 1. The van der Waals surface area contributed by atoms with Gasteiger partial charge in [-0.3, -0.25) is 14.8 Å². The molecule has 0 aliphatic heterocycles. The van der Waals surface area contributed by atoms with Crippen LogP contribution in [0.1, 0.15) is 16.1 Å². The predicted molar refractivity (Wildman–Crippen MR) is 84.4 cm³/mol. The molecule has 0 spiro atoms. The molecule has 7 nitrogen and oxygen atoms in total. The van der Waals surface area contributed by atoms with Gasteiger partial charge >= 0.3 is 0 Å². The number of carbonyl (C=O) groups excluding carboxylic acids is 1. The molecule has 8 heteroatoms. The van der Waals surface area contributed by atoms with Crippen molar-refractivity contribution in [2.45, 2.75) is 6.54 Å². The lowest BCUT2D eigenvalue weighted by Gasteiger charge is -2.00. The van der Waals surface area contributed by atoms with Crippen LogP contribution in [0.25, 0.3) is 0 Å². The number of aryl methyl sites for hydroxylation is 1. The van der Waals surface area contributed by atoms with E-state index in [0.717, 1.165) is 5.56 Å². The molecule has 3 rings (SSSR count). The van der Waals surface area contributed by atoms with E-state index in [4.69, 9.17) is 0 Å². The summed E-state index contributed by atoms with van der Waals surface area (Å²) in [5.41, 5.74) is 1.40. The van der Waals surface area contributed by atoms with Gasteiger partial charge in [0.25, 0.3) is 5.91 Å². The summed E-state index contributed by atoms with van der Waals surface area (Å²) in [5.74, 6) is -0.108. The van der Waals surface area contributed by atoms with Crippen molar-refractivity contribution >= 4 is 27.8 Å². The van der Waals surface area contributed by atoms with Crippen LogP contribution in [0.2, 0.25) is 0 Å². The van der Waals surface area contributed by atoms with Crippen LogP contribution in [0.3, 0.4) is 0 Å². The van der Waals surface area contributed by atoms with E-state index in [-0.39, 0.29) is 11.9 Å². The van der Waals surface area contributed by atoms with Gasteiger partial charge in [-0.15, -0.1) is 5.10 Å². The van der Waals surface area contributed by atoms with Gasteiger partial charge in [-0.05, 0) is 21.5 Å². The first kappa shape index (κ1) is 14.5. The first-order valence-corrected chi connectivity index (χ1v) is 7.35. The molecule has 1 N–H and O–H groups in total. The fourth-order valence-electron chi connectivity index (χ4n) is 1.97. The lowest BCUT2D eigenvalue weighted by Crippen LogP contribution is -2.15. The molecule has 0 radical (unpaired) electrons. The lowest BCUT2D eigenvalue weighted by molar-refractivity contribution is 0.102. The first-order chi connectivity index (χ1) is 10.6. The normalized spacial score (nSPS) is 10.6. The zero-order chi connectivity index (χ0) is 15.5. The van der Waals surface area contributed by atoms with Gasteiger partial charge < -0.3 is 0 Å². The predicted octanol–water partition coefficient (Wildman–Crippen LogP) is 2.07. The van der Waals surface area contributed by atoms with E-state index in [2.05, 4.69) is 36.4 Å². The molecule has 0 saturated carbocycles. The minimum Gasteiger partial charge on any atom is -0.288 e. The highest BCUT2D eigenvalue weighted by Crippen LogP contribution is 2.15. The molecule has 112 valence electrons. The smallest absolute Gasteiger partial charge is 0.279 e. The van der Waals surface area contributed by atoms with Crippen molar-refractivity contribution < 1.29 is 4.79 Å². The molecule has 22 heavy (non-hydrogen) atoms. The molecule has 0 bridgehead atoms. The van der Waals surface area contributed by atoms with Gasteiger partial charge in [0.15, 0.2) is 5.69 Å². The fourth-order valence-corrected chi connectivity index (χ4v) is 2.53. The molecule has 1 amide bonds. The Morgan fingerprint density at radius 2 is 2.05 bits per heavy atom. The zero-order valence-electron chi connectivity index (χ0n) is 11.8. The number of hydrogen-bond acceptors (Lipinski definition) is 4. The van der Waals surface area contributed by atoms with Crippen molar-refractivity contribution in [1.29, 1.82) is 0 Å². The average molecular weight is 361 g/mol. The summed E-state index contributed by atoms with van der Waals surface area (Å²) in [6, 6.07) is 9.90. The third-order valence-electron chi connectivity index (χ3n) is 2.95. The fraction of sp³-hybridized carbons (Fsp3) is 0.143. The Hall–Kier alpha value is -2.48. The first-order valence-electron chi connectivity index (χ1n) is 6.55. The number of rotatable bonds is 4. The number of aromatic nitrogens is 5. The van der Waals surface area contributed by atoms with Crippen molar-refractivity contribution in [1.82, 2.24) is 24.5 Å². The van der Waals surface area contributed by atoms with Gasteiger partial charge in [-0.2, -0.15) is 5.10 Å². The molecule has 2 heterocycles. The molecule has 1 aromatic carbocycles. The Balaban J connectivity index is 1.69. The Morgan fingerprint density at radius 1 is 1.27 bits per heavy atom. The standard InChI is InChI=1S/C14H13BrN6O/c1-20-8-11(15)12(18-20)13(22)17-14-16-9-21(19-14)7-10-5-3-2-4-6-10/h2-6,8-9H,7H2,1H3,(H,17,19,22). The third kappa shape index (κ3) is 3.22. The summed E-state index contributed by atoms with van der Waals surface area (Å²) in [6.07, 6.45) is 3.28. The molecule has 0 aliphatic rings. The van der Waals surface area contributed by atoms with Gasteiger partial charge in [0.2, 0.25) is 5.95 Å². The second kappa shape index (κ2) is 6.10. The van der Waals surface area contributed by atoms with Crippen LogP contribution in [-0.2, 0) is 13.6 Å². The topological polar surface area (TPSA) is 77.6 Å². The SMILES string of the molecule is Cn1cc(Br)c(C(=O)Nc2ncn(Cc3ccccc3)n2)n1. The molecule has 0 saturated heterocycles. The Kier molecular flexibility index (Phi) is 4.01. The van der Waals surface area contributed by atoms with Crippen LogP contribution >= 0.6 is 15.9 Å². The highest BCUT2D eigenvalue weighted by Gasteiger charge is 2.16. The summed E-state index contributed by atoms with van der Waals surface area (Å²) in [7, 11) is 1.74. The molecule has 0 aliphatic carbocycles. The van der Waals surface area contributed by atoms with Gasteiger partial charge in [0.1, 0.15) is 6.33 Å². The van der Waals surface area contributed by atoms with E-state index in [9.17, 15) is 4.79 Å². The quantitative estimate of drug-likeness (QED) is 0.772. The van der Waals surface area contributed by atoms with Crippen molar-refractivity contribution in [3.8, 4) is 0 Å². The van der Waals surface area contributed by atoms with Gasteiger partial charge in [-0.25, -0.2) is 9.67 Å². The monoisotopic (exact) mass is 360 g/mol. The summed E-state index contributed by atoms with van der Waals surface area (Å²) in [4.78, 5) is 16.2. The highest BCUT2D eigenvalue weighted by atomic mass is 79.9. The molecular weight excluding hydrogens is 348 g/mol. The van der Waals surface area contributed by atoms with E-state index in [1.54, 1.807) is 28.9 Å². The van der Waals surface area contributed by atoms with Crippen molar-refractivity contribution in [2.75, 3.05) is 5.32 Å². The summed E-state index contributed by atoms with van der Waals surface area (Å²) in [5, 5.41) is 10.9. The Morgan fingerprint density at radius 3 is 2.73 bits per heavy atom. The van der Waals surface area contributed by atoms with Gasteiger partial charge in [-0.1, -0.05) is 30.3 Å². The van der Waals surface area contributed by atoms with E-state index in [1.165, 1.54) is 0 Å². The van der Waals surface area contributed by atoms with Crippen LogP contribution in [0.4, 0.5) is 5.95 Å². The summed E-state index contributed by atoms with van der Waals surface area (Å²) < 4.78 is 3.84. The molecule has 0 unspecified atom stereocenters. The van der Waals surface area contributed by atoms with Crippen molar-refractivity contribution in [2.24, 2.45) is 7.05 Å². The average Bonchev–Trinajstić information content (AvgIpc) is 3.06. The van der Waals surface area contributed by atoms with Crippen LogP contribution < -0.4 is 5.32 Å². The summed E-state index contributed by atoms with van der Waals surface area (Å²) >= 11 is 3.29. The maximum atomic E-state index is 12.1. The number of amides is 1. The van der Waals surface area contributed by atoms with E-state index >= 15 is 0 Å². The second-order valence-corrected chi connectivity index (χ2v) is 5.56.